The number of primary amides is 1. The van der Waals surface area contributed by atoms with Gasteiger partial charge < -0.3 is 11.1 Å². The van der Waals surface area contributed by atoms with E-state index in [0.29, 0.717) is 17.1 Å². The zero-order valence-electron chi connectivity index (χ0n) is 14.6. The SMILES string of the molecule is CC(=O)c1ccc(Nc2nn(C3CCCCC3C#N)cc2C(N)=O)cc1. The smallest absolute Gasteiger partial charge is 0.254 e. The van der Waals surface area contributed by atoms with Crippen LogP contribution in [0.4, 0.5) is 11.5 Å². The van der Waals surface area contributed by atoms with Crippen LogP contribution in [0.15, 0.2) is 30.5 Å². The second kappa shape index (κ2) is 7.40. The summed E-state index contributed by atoms with van der Waals surface area (Å²) >= 11 is 0. The molecule has 134 valence electrons. The summed E-state index contributed by atoms with van der Waals surface area (Å²) in [6, 6.07) is 9.21. The van der Waals surface area contributed by atoms with Crippen LogP contribution in [-0.4, -0.2) is 21.5 Å². The van der Waals surface area contributed by atoms with E-state index in [0.717, 1.165) is 25.7 Å². The van der Waals surface area contributed by atoms with Crippen molar-refractivity contribution in [3.8, 4) is 6.07 Å². The van der Waals surface area contributed by atoms with E-state index in [1.54, 1.807) is 35.1 Å². The van der Waals surface area contributed by atoms with Gasteiger partial charge in [0.2, 0.25) is 0 Å². The number of nitrogens with zero attached hydrogens (tertiary/aromatic N) is 3. The molecule has 3 rings (SSSR count). The third kappa shape index (κ3) is 3.59. The monoisotopic (exact) mass is 351 g/mol. The quantitative estimate of drug-likeness (QED) is 0.803. The van der Waals surface area contributed by atoms with Crippen LogP contribution >= 0.6 is 0 Å². The van der Waals surface area contributed by atoms with Crippen molar-refractivity contribution in [1.29, 1.82) is 5.26 Å². The van der Waals surface area contributed by atoms with Gasteiger partial charge in [0, 0.05) is 17.4 Å². The van der Waals surface area contributed by atoms with Crippen molar-refractivity contribution in [2.75, 3.05) is 5.32 Å². The predicted octanol–water partition coefficient (Wildman–Crippen LogP) is 3.18. The van der Waals surface area contributed by atoms with Gasteiger partial charge in [0.25, 0.3) is 5.91 Å². The molecule has 3 N–H and O–H groups in total. The number of nitrogens with one attached hydrogen (secondary N) is 1. The molecule has 1 aliphatic rings. The first kappa shape index (κ1) is 17.7. The number of carbonyl (C=O) groups excluding carboxylic acids is 2. The van der Waals surface area contributed by atoms with Crippen molar-refractivity contribution < 1.29 is 9.59 Å². The molecule has 1 aromatic heterocycles. The van der Waals surface area contributed by atoms with Gasteiger partial charge in [-0.2, -0.15) is 10.4 Å². The second-order valence-corrected chi connectivity index (χ2v) is 6.58. The standard InChI is InChI=1S/C19H21N5O2/c1-12(25)13-6-8-15(9-7-13)22-19-16(18(21)26)11-24(23-19)17-5-3-2-4-14(17)10-20/h6-9,11,14,17H,2-5H2,1H3,(H2,21,26)(H,22,23). The molecule has 2 unspecified atom stereocenters. The summed E-state index contributed by atoms with van der Waals surface area (Å²) in [7, 11) is 0. The molecule has 7 nitrogen and oxygen atoms in total. The molecular weight excluding hydrogens is 330 g/mol. The summed E-state index contributed by atoms with van der Waals surface area (Å²) in [6.45, 7) is 1.51. The highest BCUT2D eigenvalue weighted by Gasteiger charge is 2.28. The maximum absolute atomic E-state index is 11.8. The van der Waals surface area contributed by atoms with Gasteiger partial charge in [-0.15, -0.1) is 0 Å². The van der Waals surface area contributed by atoms with Crippen molar-refractivity contribution >= 4 is 23.2 Å². The average molecular weight is 351 g/mol. The number of anilines is 2. The molecule has 0 saturated heterocycles. The van der Waals surface area contributed by atoms with Gasteiger partial charge in [-0.05, 0) is 44.0 Å². The maximum Gasteiger partial charge on any atom is 0.254 e. The number of nitriles is 1. The lowest BCUT2D eigenvalue weighted by Crippen LogP contribution is -2.22. The zero-order valence-corrected chi connectivity index (χ0v) is 14.6. The Morgan fingerprint density at radius 3 is 2.58 bits per heavy atom. The number of amides is 1. The second-order valence-electron chi connectivity index (χ2n) is 6.58. The van der Waals surface area contributed by atoms with Gasteiger partial charge in [-0.3, -0.25) is 14.3 Å². The lowest BCUT2D eigenvalue weighted by molar-refractivity contribution is 0.0996. The number of ketones is 1. The van der Waals surface area contributed by atoms with Crippen molar-refractivity contribution in [2.24, 2.45) is 11.7 Å². The number of Topliss-reactive ketones (excluding diaryl/α,β-unsaturated/α-hetero) is 1. The Hall–Kier alpha value is -3.14. The van der Waals surface area contributed by atoms with Crippen LogP contribution in [0.25, 0.3) is 0 Å². The number of nitrogens with two attached hydrogens (primary N) is 1. The predicted molar refractivity (Wildman–Crippen MR) is 97.1 cm³/mol. The summed E-state index contributed by atoms with van der Waals surface area (Å²) < 4.78 is 1.69. The highest BCUT2D eigenvalue weighted by Crippen LogP contribution is 2.34. The zero-order chi connectivity index (χ0) is 18.7. The number of hydrogen-bond acceptors (Lipinski definition) is 5. The Balaban J connectivity index is 1.89. The van der Waals surface area contributed by atoms with E-state index in [2.05, 4.69) is 16.5 Å². The number of carbonyl (C=O) groups is 2. The van der Waals surface area contributed by atoms with E-state index in [1.165, 1.54) is 6.92 Å². The van der Waals surface area contributed by atoms with Crippen LogP contribution in [0.3, 0.4) is 0 Å². The van der Waals surface area contributed by atoms with E-state index in [1.807, 2.05) is 0 Å². The van der Waals surface area contributed by atoms with Gasteiger partial charge in [-0.25, -0.2) is 0 Å². The molecule has 0 bridgehead atoms. The average Bonchev–Trinajstić information content (AvgIpc) is 3.06. The van der Waals surface area contributed by atoms with Crippen LogP contribution in [0.1, 0.15) is 59.4 Å². The van der Waals surface area contributed by atoms with Gasteiger partial charge in [0.05, 0.1) is 18.0 Å². The first-order valence-electron chi connectivity index (χ1n) is 8.66. The fourth-order valence-electron chi connectivity index (χ4n) is 3.34. The number of benzene rings is 1. The highest BCUT2D eigenvalue weighted by atomic mass is 16.1. The van der Waals surface area contributed by atoms with Gasteiger partial charge in [-0.1, -0.05) is 12.8 Å². The molecule has 0 spiro atoms. The molecule has 0 aliphatic heterocycles. The maximum atomic E-state index is 11.8. The minimum atomic E-state index is -0.580. The van der Waals surface area contributed by atoms with Crippen LogP contribution in [0.5, 0.6) is 0 Å². The Bertz CT molecular complexity index is 863. The molecule has 1 heterocycles. The first-order chi connectivity index (χ1) is 12.5. The van der Waals surface area contributed by atoms with Crippen molar-refractivity contribution in [1.82, 2.24) is 9.78 Å². The fraction of sp³-hybridized carbons (Fsp3) is 0.368. The van der Waals surface area contributed by atoms with Crippen LogP contribution in [0.2, 0.25) is 0 Å². The van der Waals surface area contributed by atoms with E-state index >= 15 is 0 Å². The van der Waals surface area contributed by atoms with Crippen LogP contribution in [0, 0.1) is 17.2 Å². The Kier molecular flexibility index (Phi) is 5.03. The lowest BCUT2D eigenvalue weighted by Gasteiger charge is -2.26. The first-order valence-corrected chi connectivity index (χ1v) is 8.66. The largest absolute Gasteiger partial charge is 0.365 e. The molecule has 1 fully saturated rings. The van der Waals surface area contributed by atoms with E-state index in [9.17, 15) is 14.9 Å². The molecule has 1 aliphatic carbocycles. The summed E-state index contributed by atoms with van der Waals surface area (Å²) in [4.78, 5) is 23.2. The topological polar surface area (TPSA) is 114 Å². The molecule has 1 aromatic carbocycles. The van der Waals surface area contributed by atoms with Gasteiger partial charge >= 0.3 is 0 Å². The Morgan fingerprint density at radius 2 is 1.96 bits per heavy atom. The number of hydrogen-bond donors (Lipinski definition) is 2. The van der Waals surface area contributed by atoms with Crippen molar-refractivity contribution in [3.63, 3.8) is 0 Å². The molecule has 0 radical (unpaired) electrons. The van der Waals surface area contributed by atoms with Crippen LogP contribution < -0.4 is 11.1 Å². The minimum absolute atomic E-state index is 0.0153. The Morgan fingerprint density at radius 1 is 1.27 bits per heavy atom. The molecule has 2 aromatic rings. The molecule has 1 saturated carbocycles. The minimum Gasteiger partial charge on any atom is -0.365 e. The molecular formula is C19H21N5O2. The third-order valence-electron chi connectivity index (χ3n) is 4.79. The fourth-order valence-corrected chi connectivity index (χ4v) is 3.34. The highest BCUT2D eigenvalue weighted by molar-refractivity contribution is 5.98. The summed E-state index contributed by atoms with van der Waals surface area (Å²) in [5.74, 6) is -0.357. The summed E-state index contributed by atoms with van der Waals surface area (Å²) in [5.41, 5.74) is 7.08. The van der Waals surface area contributed by atoms with Crippen molar-refractivity contribution in [3.05, 3.63) is 41.6 Å². The van der Waals surface area contributed by atoms with E-state index < -0.39 is 5.91 Å². The summed E-state index contributed by atoms with van der Waals surface area (Å²) in [6.07, 6.45) is 5.37. The normalized spacial score (nSPS) is 19.5. The molecule has 2 atom stereocenters. The van der Waals surface area contributed by atoms with E-state index in [4.69, 9.17) is 5.73 Å². The molecule has 7 heteroatoms. The summed E-state index contributed by atoms with van der Waals surface area (Å²) in [5, 5.41) is 17.0. The van der Waals surface area contributed by atoms with E-state index in [-0.39, 0.29) is 23.3 Å². The van der Waals surface area contributed by atoms with Gasteiger partial charge in [0.1, 0.15) is 5.56 Å². The van der Waals surface area contributed by atoms with Crippen molar-refractivity contribution in [2.45, 2.75) is 38.6 Å². The van der Waals surface area contributed by atoms with Crippen LogP contribution in [-0.2, 0) is 0 Å². The van der Waals surface area contributed by atoms with Gasteiger partial charge in [0.15, 0.2) is 11.6 Å². The molecule has 1 amide bonds. The number of rotatable bonds is 5. The third-order valence-corrected chi connectivity index (χ3v) is 4.79. The number of aromatic nitrogens is 2. The molecule has 26 heavy (non-hydrogen) atoms. The Labute approximate surface area is 151 Å². The lowest BCUT2D eigenvalue weighted by atomic mass is 9.85.